The van der Waals surface area contributed by atoms with E-state index in [1.54, 1.807) is 0 Å². The lowest BCUT2D eigenvalue weighted by molar-refractivity contribution is -0.116. The van der Waals surface area contributed by atoms with Crippen molar-refractivity contribution in [3.05, 3.63) is 41.5 Å². The fourth-order valence-electron chi connectivity index (χ4n) is 3.21. The molecular formula is C21H30N4O3. The molecule has 0 unspecified atom stereocenters. The van der Waals surface area contributed by atoms with E-state index in [1.165, 1.54) is 5.56 Å². The summed E-state index contributed by atoms with van der Waals surface area (Å²) in [5.74, 6) is 1.37. The first-order chi connectivity index (χ1) is 13.7. The minimum Gasteiger partial charge on any atom is -0.379 e. The lowest BCUT2D eigenvalue weighted by Gasteiger charge is -2.26. The second kappa shape index (κ2) is 10.9. The number of anilines is 1. The molecule has 0 atom stereocenters. The van der Waals surface area contributed by atoms with Crippen molar-refractivity contribution in [3.8, 4) is 0 Å². The Balaban J connectivity index is 1.35. The molecule has 1 aromatic carbocycles. The van der Waals surface area contributed by atoms with Crippen molar-refractivity contribution in [2.45, 2.75) is 45.4 Å². The van der Waals surface area contributed by atoms with Gasteiger partial charge in [0.1, 0.15) is 0 Å². The number of carbonyl (C=O) groups is 1. The highest BCUT2D eigenvalue weighted by molar-refractivity contribution is 5.90. The SMILES string of the molecule is CCCc1noc(CCCC(=O)Nc2ccc(CCN3CCOCC3)cc2)n1. The molecule has 0 bridgehead atoms. The Bertz CT molecular complexity index is 724. The van der Waals surface area contributed by atoms with E-state index in [9.17, 15) is 4.79 Å². The quantitative estimate of drug-likeness (QED) is 0.676. The first kappa shape index (κ1) is 20.5. The highest BCUT2D eigenvalue weighted by Gasteiger charge is 2.10. The van der Waals surface area contributed by atoms with Crippen LogP contribution < -0.4 is 5.32 Å². The number of benzene rings is 1. The fourth-order valence-corrected chi connectivity index (χ4v) is 3.21. The third-order valence-electron chi connectivity index (χ3n) is 4.84. The average Bonchev–Trinajstić information content (AvgIpc) is 3.16. The van der Waals surface area contributed by atoms with E-state index >= 15 is 0 Å². The summed E-state index contributed by atoms with van der Waals surface area (Å²) in [5, 5.41) is 6.88. The van der Waals surface area contributed by atoms with Gasteiger partial charge in [-0.3, -0.25) is 9.69 Å². The molecule has 3 rings (SSSR count). The smallest absolute Gasteiger partial charge is 0.226 e. The van der Waals surface area contributed by atoms with Gasteiger partial charge in [-0.1, -0.05) is 24.2 Å². The normalized spacial score (nSPS) is 14.9. The van der Waals surface area contributed by atoms with E-state index in [0.717, 1.165) is 63.6 Å². The molecule has 152 valence electrons. The predicted molar refractivity (Wildman–Crippen MR) is 107 cm³/mol. The molecule has 1 saturated heterocycles. The molecule has 0 saturated carbocycles. The highest BCUT2D eigenvalue weighted by atomic mass is 16.5. The molecular weight excluding hydrogens is 356 g/mol. The maximum absolute atomic E-state index is 12.1. The average molecular weight is 386 g/mol. The summed E-state index contributed by atoms with van der Waals surface area (Å²) in [6.07, 6.45) is 4.59. The van der Waals surface area contributed by atoms with Crippen LogP contribution in [-0.2, 0) is 28.8 Å². The zero-order chi connectivity index (χ0) is 19.6. The van der Waals surface area contributed by atoms with Crippen LogP contribution >= 0.6 is 0 Å². The molecule has 2 aromatic rings. The lowest BCUT2D eigenvalue weighted by Crippen LogP contribution is -2.37. The molecule has 0 radical (unpaired) electrons. The summed E-state index contributed by atoms with van der Waals surface area (Å²) in [5.41, 5.74) is 2.12. The van der Waals surface area contributed by atoms with Crippen LogP contribution in [0.25, 0.3) is 0 Å². The second-order valence-electron chi connectivity index (χ2n) is 7.16. The van der Waals surface area contributed by atoms with E-state index in [2.05, 4.69) is 39.4 Å². The van der Waals surface area contributed by atoms with Crippen molar-refractivity contribution in [1.82, 2.24) is 15.0 Å². The van der Waals surface area contributed by atoms with Gasteiger partial charge >= 0.3 is 0 Å². The van der Waals surface area contributed by atoms with E-state index in [4.69, 9.17) is 9.26 Å². The summed E-state index contributed by atoms with van der Waals surface area (Å²) in [4.78, 5) is 18.9. The molecule has 0 aliphatic carbocycles. The molecule has 2 heterocycles. The summed E-state index contributed by atoms with van der Waals surface area (Å²) in [6, 6.07) is 8.12. The van der Waals surface area contributed by atoms with Crippen LogP contribution in [-0.4, -0.2) is 53.8 Å². The second-order valence-corrected chi connectivity index (χ2v) is 7.16. The molecule has 1 aromatic heterocycles. The predicted octanol–water partition coefficient (Wildman–Crippen LogP) is 2.86. The Labute approximate surface area is 166 Å². The molecule has 28 heavy (non-hydrogen) atoms. The molecule has 1 N–H and O–H groups in total. The number of aromatic nitrogens is 2. The van der Waals surface area contributed by atoms with Crippen molar-refractivity contribution in [2.24, 2.45) is 0 Å². The molecule has 0 spiro atoms. The van der Waals surface area contributed by atoms with Crippen LogP contribution in [0.3, 0.4) is 0 Å². The van der Waals surface area contributed by atoms with E-state index < -0.39 is 0 Å². The largest absolute Gasteiger partial charge is 0.379 e. The molecule has 1 aliphatic rings. The number of hydrogen-bond acceptors (Lipinski definition) is 6. The molecule has 1 fully saturated rings. The number of hydrogen-bond donors (Lipinski definition) is 1. The Hall–Kier alpha value is -2.25. The first-order valence-electron chi connectivity index (χ1n) is 10.2. The zero-order valence-electron chi connectivity index (χ0n) is 16.7. The number of morpholine rings is 1. The maximum atomic E-state index is 12.1. The van der Waals surface area contributed by atoms with Crippen molar-refractivity contribution < 1.29 is 14.1 Å². The summed E-state index contributed by atoms with van der Waals surface area (Å²) in [6.45, 7) is 6.81. The highest BCUT2D eigenvalue weighted by Crippen LogP contribution is 2.12. The van der Waals surface area contributed by atoms with Gasteiger partial charge in [0.2, 0.25) is 11.8 Å². The van der Waals surface area contributed by atoms with Gasteiger partial charge in [0.05, 0.1) is 13.2 Å². The van der Waals surface area contributed by atoms with E-state index in [-0.39, 0.29) is 5.91 Å². The number of nitrogens with zero attached hydrogens (tertiary/aromatic N) is 3. The van der Waals surface area contributed by atoms with Gasteiger partial charge in [0.15, 0.2) is 5.82 Å². The zero-order valence-corrected chi connectivity index (χ0v) is 16.7. The van der Waals surface area contributed by atoms with Gasteiger partial charge in [-0.2, -0.15) is 4.98 Å². The van der Waals surface area contributed by atoms with Gasteiger partial charge in [-0.05, 0) is 37.0 Å². The Morgan fingerprint density at radius 3 is 2.68 bits per heavy atom. The number of amides is 1. The summed E-state index contributed by atoms with van der Waals surface area (Å²) in [7, 11) is 0. The Kier molecular flexibility index (Phi) is 7.99. The van der Waals surface area contributed by atoms with Crippen LogP contribution in [0.15, 0.2) is 28.8 Å². The van der Waals surface area contributed by atoms with Gasteiger partial charge in [-0.15, -0.1) is 0 Å². The van der Waals surface area contributed by atoms with Crippen molar-refractivity contribution >= 4 is 11.6 Å². The van der Waals surface area contributed by atoms with E-state index in [0.29, 0.717) is 25.2 Å². The number of aryl methyl sites for hydroxylation is 2. The lowest BCUT2D eigenvalue weighted by atomic mass is 10.1. The molecule has 7 heteroatoms. The topological polar surface area (TPSA) is 80.5 Å². The monoisotopic (exact) mass is 386 g/mol. The van der Waals surface area contributed by atoms with Gasteiger partial charge in [0.25, 0.3) is 0 Å². The first-order valence-corrected chi connectivity index (χ1v) is 10.2. The Morgan fingerprint density at radius 2 is 1.93 bits per heavy atom. The number of ether oxygens (including phenoxy) is 1. The van der Waals surface area contributed by atoms with Crippen LogP contribution in [0.1, 0.15) is 43.5 Å². The minimum atomic E-state index is 0.00867. The Morgan fingerprint density at radius 1 is 1.14 bits per heavy atom. The van der Waals surface area contributed by atoms with Crippen LogP contribution in [0.5, 0.6) is 0 Å². The van der Waals surface area contributed by atoms with Crippen molar-refractivity contribution in [2.75, 3.05) is 38.2 Å². The molecule has 7 nitrogen and oxygen atoms in total. The third-order valence-corrected chi connectivity index (χ3v) is 4.84. The molecule has 1 amide bonds. The van der Waals surface area contributed by atoms with Crippen molar-refractivity contribution in [3.63, 3.8) is 0 Å². The van der Waals surface area contributed by atoms with Crippen LogP contribution in [0.2, 0.25) is 0 Å². The van der Waals surface area contributed by atoms with Gasteiger partial charge in [0, 0.05) is 44.6 Å². The maximum Gasteiger partial charge on any atom is 0.226 e. The van der Waals surface area contributed by atoms with Crippen molar-refractivity contribution in [1.29, 1.82) is 0 Å². The number of carbonyl (C=O) groups excluding carboxylic acids is 1. The van der Waals surface area contributed by atoms with Gasteiger partial charge in [-0.25, -0.2) is 0 Å². The molecule has 1 aliphatic heterocycles. The van der Waals surface area contributed by atoms with Crippen LogP contribution in [0.4, 0.5) is 5.69 Å². The number of nitrogens with one attached hydrogen (secondary N) is 1. The fraction of sp³-hybridized carbons (Fsp3) is 0.571. The standard InChI is InChI=1S/C21H30N4O3/c1-2-4-19-23-21(28-24-19)6-3-5-20(26)22-18-9-7-17(8-10-18)11-12-25-13-15-27-16-14-25/h7-10H,2-6,11-16H2,1H3,(H,22,26). The van der Waals surface area contributed by atoms with Gasteiger partial charge < -0.3 is 14.6 Å². The third kappa shape index (κ3) is 6.73. The minimum absolute atomic E-state index is 0.00867. The van der Waals surface area contributed by atoms with Crippen LogP contribution in [0, 0.1) is 0 Å². The summed E-state index contributed by atoms with van der Waals surface area (Å²) >= 11 is 0. The summed E-state index contributed by atoms with van der Waals surface area (Å²) < 4.78 is 10.6. The number of rotatable bonds is 10. The van der Waals surface area contributed by atoms with E-state index in [1.807, 2.05) is 12.1 Å².